The maximum Gasteiger partial charge on any atom is 0.236 e. The number of benzene rings is 1. The van der Waals surface area contributed by atoms with Crippen molar-refractivity contribution in [3.63, 3.8) is 0 Å². The van der Waals surface area contributed by atoms with Gasteiger partial charge in [-0.3, -0.25) is 9.69 Å². The Balaban J connectivity index is 1.93. The molecular formula is C15H23N3O2. The van der Waals surface area contributed by atoms with E-state index in [1.54, 1.807) is 11.9 Å². The number of β-amino-alcohol motifs (C(OH)–C–C–N with tert-alkyl or cyclic N) is 1. The van der Waals surface area contributed by atoms with Crippen LogP contribution in [0.15, 0.2) is 30.3 Å². The summed E-state index contributed by atoms with van der Waals surface area (Å²) >= 11 is 0. The van der Waals surface area contributed by atoms with Crippen molar-refractivity contribution in [1.29, 1.82) is 0 Å². The molecule has 1 amide bonds. The third-order valence-electron chi connectivity index (χ3n) is 3.52. The molecule has 1 aromatic rings. The van der Waals surface area contributed by atoms with Crippen molar-refractivity contribution in [1.82, 2.24) is 15.1 Å². The SMILES string of the molecule is CNCC(=O)N1CCN(Cc2ccccc2)C[C@H](O)C1. The Kier molecular flexibility index (Phi) is 5.52. The van der Waals surface area contributed by atoms with Crippen molar-refractivity contribution < 1.29 is 9.90 Å². The van der Waals surface area contributed by atoms with Gasteiger partial charge >= 0.3 is 0 Å². The molecule has 1 aliphatic rings. The lowest BCUT2D eigenvalue weighted by molar-refractivity contribution is -0.131. The highest BCUT2D eigenvalue weighted by Gasteiger charge is 2.23. The van der Waals surface area contributed by atoms with Crippen LogP contribution >= 0.6 is 0 Å². The Hall–Kier alpha value is -1.43. The highest BCUT2D eigenvalue weighted by atomic mass is 16.3. The maximum atomic E-state index is 11.9. The van der Waals surface area contributed by atoms with E-state index in [1.165, 1.54) is 5.56 Å². The number of likely N-dealkylation sites (N-methyl/N-ethyl adjacent to an activating group) is 1. The molecule has 0 aromatic heterocycles. The number of carbonyl (C=O) groups is 1. The number of hydrogen-bond acceptors (Lipinski definition) is 4. The van der Waals surface area contributed by atoms with E-state index in [-0.39, 0.29) is 5.91 Å². The lowest BCUT2D eigenvalue weighted by Gasteiger charge is -2.21. The van der Waals surface area contributed by atoms with Crippen molar-refractivity contribution in [2.45, 2.75) is 12.6 Å². The van der Waals surface area contributed by atoms with E-state index in [0.717, 1.165) is 13.1 Å². The zero-order valence-corrected chi connectivity index (χ0v) is 12.0. The number of carbonyl (C=O) groups excluding carboxylic acids is 1. The fourth-order valence-electron chi connectivity index (χ4n) is 2.53. The van der Waals surface area contributed by atoms with Crippen molar-refractivity contribution >= 4 is 5.91 Å². The largest absolute Gasteiger partial charge is 0.390 e. The Morgan fingerprint density at radius 3 is 2.75 bits per heavy atom. The zero-order valence-electron chi connectivity index (χ0n) is 12.0. The van der Waals surface area contributed by atoms with E-state index in [0.29, 0.717) is 26.2 Å². The average Bonchev–Trinajstić information content (AvgIpc) is 2.62. The number of rotatable bonds is 4. The molecule has 5 nitrogen and oxygen atoms in total. The summed E-state index contributed by atoms with van der Waals surface area (Å²) in [7, 11) is 1.76. The first kappa shape index (κ1) is 15.0. The van der Waals surface area contributed by atoms with E-state index in [2.05, 4.69) is 22.3 Å². The van der Waals surface area contributed by atoms with Gasteiger partial charge in [0.2, 0.25) is 5.91 Å². The second kappa shape index (κ2) is 7.38. The van der Waals surface area contributed by atoms with Gasteiger partial charge in [-0.25, -0.2) is 0 Å². The lowest BCUT2D eigenvalue weighted by atomic mass is 10.2. The topological polar surface area (TPSA) is 55.8 Å². The van der Waals surface area contributed by atoms with Gasteiger partial charge in [0.1, 0.15) is 0 Å². The molecule has 2 rings (SSSR count). The molecule has 20 heavy (non-hydrogen) atoms. The Bertz CT molecular complexity index is 424. The smallest absolute Gasteiger partial charge is 0.236 e. The van der Waals surface area contributed by atoms with Crippen LogP contribution in [0.5, 0.6) is 0 Å². The van der Waals surface area contributed by atoms with Crippen molar-refractivity contribution in [3.05, 3.63) is 35.9 Å². The summed E-state index contributed by atoms with van der Waals surface area (Å²) in [5.41, 5.74) is 1.23. The molecule has 0 saturated carbocycles. The molecule has 5 heteroatoms. The summed E-state index contributed by atoms with van der Waals surface area (Å²) in [5, 5.41) is 12.9. The van der Waals surface area contributed by atoms with Gasteiger partial charge in [0.05, 0.1) is 12.6 Å². The molecule has 1 aromatic carbocycles. The van der Waals surface area contributed by atoms with Crippen molar-refractivity contribution in [2.75, 3.05) is 39.8 Å². The predicted octanol–water partition coefficient (Wildman–Crippen LogP) is -0.0889. The molecule has 0 bridgehead atoms. The van der Waals surface area contributed by atoms with Crippen LogP contribution in [0.4, 0.5) is 0 Å². The molecule has 1 aliphatic heterocycles. The quantitative estimate of drug-likeness (QED) is 0.808. The van der Waals surface area contributed by atoms with E-state index >= 15 is 0 Å². The second-order valence-electron chi connectivity index (χ2n) is 5.24. The van der Waals surface area contributed by atoms with E-state index in [9.17, 15) is 9.90 Å². The minimum Gasteiger partial charge on any atom is -0.390 e. The predicted molar refractivity (Wildman–Crippen MR) is 78.2 cm³/mol. The first-order valence-electron chi connectivity index (χ1n) is 7.05. The summed E-state index contributed by atoms with van der Waals surface area (Å²) in [6.45, 7) is 3.63. The maximum absolute atomic E-state index is 11.9. The first-order valence-corrected chi connectivity index (χ1v) is 7.05. The number of aliphatic hydroxyl groups is 1. The number of nitrogens with one attached hydrogen (secondary N) is 1. The Morgan fingerprint density at radius 2 is 2.05 bits per heavy atom. The number of amides is 1. The van der Waals surface area contributed by atoms with E-state index in [4.69, 9.17) is 0 Å². The molecule has 0 radical (unpaired) electrons. The van der Waals surface area contributed by atoms with Gasteiger partial charge < -0.3 is 15.3 Å². The Labute approximate surface area is 120 Å². The molecule has 2 N–H and O–H groups in total. The van der Waals surface area contributed by atoms with Crippen LogP contribution in [0.1, 0.15) is 5.56 Å². The fraction of sp³-hybridized carbons (Fsp3) is 0.533. The zero-order chi connectivity index (χ0) is 14.4. The lowest BCUT2D eigenvalue weighted by Crippen LogP contribution is -2.41. The van der Waals surface area contributed by atoms with Crippen LogP contribution in [0.3, 0.4) is 0 Å². The summed E-state index contributed by atoms with van der Waals surface area (Å²) in [4.78, 5) is 15.8. The number of hydrogen-bond donors (Lipinski definition) is 2. The second-order valence-corrected chi connectivity index (χ2v) is 5.24. The van der Waals surface area contributed by atoms with Gasteiger partial charge in [-0.05, 0) is 12.6 Å². The van der Waals surface area contributed by atoms with Crippen LogP contribution < -0.4 is 5.32 Å². The highest BCUT2D eigenvalue weighted by Crippen LogP contribution is 2.09. The number of nitrogens with zero attached hydrogens (tertiary/aromatic N) is 2. The number of aliphatic hydroxyl groups excluding tert-OH is 1. The normalized spacial score (nSPS) is 20.7. The van der Waals surface area contributed by atoms with Crippen molar-refractivity contribution in [2.24, 2.45) is 0 Å². The van der Waals surface area contributed by atoms with Crippen LogP contribution in [0.25, 0.3) is 0 Å². The van der Waals surface area contributed by atoms with E-state index in [1.807, 2.05) is 18.2 Å². The van der Waals surface area contributed by atoms with Crippen LogP contribution in [-0.2, 0) is 11.3 Å². The molecule has 0 unspecified atom stereocenters. The first-order chi connectivity index (χ1) is 9.69. The van der Waals surface area contributed by atoms with Crippen LogP contribution in [-0.4, -0.2) is 66.7 Å². The van der Waals surface area contributed by atoms with Crippen LogP contribution in [0.2, 0.25) is 0 Å². The highest BCUT2D eigenvalue weighted by molar-refractivity contribution is 5.78. The third-order valence-corrected chi connectivity index (χ3v) is 3.52. The molecule has 0 spiro atoms. The van der Waals surface area contributed by atoms with Crippen molar-refractivity contribution in [3.8, 4) is 0 Å². The standard InChI is InChI=1S/C15H23N3O2/c1-16-9-15(20)18-8-7-17(11-14(19)12-18)10-13-5-3-2-4-6-13/h2-6,14,16,19H,7-12H2,1H3/t14-/m0/s1. The molecular weight excluding hydrogens is 254 g/mol. The van der Waals surface area contributed by atoms with E-state index < -0.39 is 6.10 Å². The molecule has 1 heterocycles. The molecule has 110 valence electrons. The van der Waals surface area contributed by atoms with Gasteiger partial charge in [-0.1, -0.05) is 30.3 Å². The van der Waals surface area contributed by atoms with Gasteiger partial charge in [0.15, 0.2) is 0 Å². The van der Waals surface area contributed by atoms with Crippen LogP contribution in [0, 0.1) is 0 Å². The average molecular weight is 277 g/mol. The molecule has 1 atom stereocenters. The van der Waals surface area contributed by atoms with Gasteiger partial charge in [0, 0.05) is 32.7 Å². The molecule has 0 aliphatic carbocycles. The fourth-order valence-corrected chi connectivity index (χ4v) is 2.53. The summed E-state index contributed by atoms with van der Waals surface area (Å²) in [5.74, 6) is 0.0492. The Morgan fingerprint density at radius 1 is 1.30 bits per heavy atom. The minimum absolute atomic E-state index is 0.0492. The molecule has 1 fully saturated rings. The summed E-state index contributed by atoms with van der Waals surface area (Å²) in [6.07, 6.45) is -0.484. The van der Waals surface area contributed by atoms with Gasteiger partial charge in [-0.2, -0.15) is 0 Å². The monoisotopic (exact) mass is 277 g/mol. The molecule has 1 saturated heterocycles. The summed E-state index contributed by atoms with van der Waals surface area (Å²) in [6, 6.07) is 10.2. The van der Waals surface area contributed by atoms with Gasteiger partial charge in [-0.15, -0.1) is 0 Å². The minimum atomic E-state index is -0.484. The third kappa shape index (κ3) is 4.30. The summed E-state index contributed by atoms with van der Waals surface area (Å²) < 4.78 is 0. The van der Waals surface area contributed by atoms with Gasteiger partial charge in [0.25, 0.3) is 0 Å².